The maximum atomic E-state index is 10.0. The van der Waals surface area contributed by atoms with Crippen LogP contribution in [0.3, 0.4) is 0 Å². The van der Waals surface area contributed by atoms with Crippen molar-refractivity contribution in [2.24, 2.45) is 5.41 Å². The SMILES string of the molecule is CSc1cccc(C(N[C@@H](C)[C@@H](Cc2ccc(Cl)cc2)c2cccc(C#N)c2)C(C)(C)C#N)c1. The van der Waals surface area contributed by atoms with E-state index in [1.165, 1.54) is 10.5 Å². The van der Waals surface area contributed by atoms with Crippen LogP contribution >= 0.6 is 23.4 Å². The van der Waals surface area contributed by atoms with E-state index in [2.05, 4.69) is 73.1 Å². The molecule has 1 N–H and O–H groups in total. The molecule has 0 fully saturated rings. The number of benzene rings is 3. The fourth-order valence-electron chi connectivity index (χ4n) is 4.28. The lowest BCUT2D eigenvalue weighted by Gasteiger charge is -2.36. The first-order chi connectivity index (χ1) is 16.3. The van der Waals surface area contributed by atoms with Gasteiger partial charge < -0.3 is 5.32 Å². The van der Waals surface area contributed by atoms with Gasteiger partial charge in [-0.05, 0) is 86.5 Å². The smallest absolute Gasteiger partial charge is 0.0991 e. The first kappa shape index (κ1) is 25.9. The molecule has 0 saturated heterocycles. The molecule has 1 unspecified atom stereocenters. The molecule has 0 aromatic heterocycles. The topological polar surface area (TPSA) is 59.6 Å². The van der Waals surface area contributed by atoms with E-state index in [-0.39, 0.29) is 18.0 Å². The Morgan fingerprint density at radius 3 is 2.29 bits per heavy atom. The lowest BCUT2D eigenvalue weighted by molar-refractivity contribution is 0.280. The zero-order valence-corrected chi connectivity index (χ0v) is 21.6. The van der Waals surface area contributed by atoms with Crippen molar-refractivity contribution in [3.8, 4) is 12.1 Å². The summed E-state index contributed by atoms with van der Waals surface area (Å²) in [5.41, 5.74) is 3.39. The summed E-state index contributed by atoms with van der Waals surface area (Å²) in [6.45, 7) is 6.12. The summed E-state index contributed by atoms with van der Waals surface area (Å²) in [7, 11) is 0. The molecule has 174 valence electrons. The predicted molar refractivity (Wildman–Crippen MR) is 142 cm³/mol. The Bertz CT molecular complexity index is 1190. The molecule has 3 rings (SSSR count). The van der Waals surface area contributed by atoms with Gasteiger partial charge in [-0.25, -0.2) is 0 Å². The normalized spacial score (nSPS) is 14.0. The van der Waals surface area contributed by atoms with E-state index in [1.807, 2.05) is 44.2 Å². The van der Waals surface area contributed by atoms with Gasteiger partial charge in [0.15, 0.2) is 0 Å². The van der Waals surface area contributed by atoms with Crippen molar-refractivity contribution in [2.45, 2.75) is 50.1 Å². The summed E-state index contributed by atoms with van der Waals surface area (Å²) in [5, 5.41) is 24.0. The van der Waals surface area contributed by atoms with Crippen LogP contribution in [0.1, 0.15) is 55.0 Å². The average molecular weight is 488 g/mol. The van der Waals surface area contributed by atoms with Gasteiger partial charge >= 0.3 is 0 Å². The Morgan fingerprint density at radius 2 is 1.65 bits per heavy atom. The molecule has 3 atom stereocenters. The Kier molecular flexibility index (Phi) is 8.81. The second-order valence-electron chi connectivity index (χ2n) is 9.17. The summed E-state index contributed by atoms with van der Waals surface area (Å²) in [6.07, 6.45) is 2.84. The highest BCUT2D eigenvalue weighted by molar-refractivity contribution is 7.98. The minimum Gasteiger partial charge on any atom is -0.305 e. The van der Waals surface area contributed by atoms with Crippen molar-refractivity contribution >= 4 is 23.4 Å². The molecule has 5 heteroatoms. The largest absolute Gasteiger partial charge is 0.305 e. The van der Waals surface area contributed by atoms with E-state index < -0.39 is 5.41 Å². The number of nitriles is 2. The molecule has 0 spiro atoms. The quantitative estimate of drug-likeness (QED) is 0.317. The van der Waals surface area contributed by atoms with Crippen LogP contribution in [-0.2, 0) is 6.42 Å². The number of hydrogen-bond acceptors (Lipinski definition) is 4. The fraction of sp³-hybridized carbons (Fsp3) is 0.310. The predicted octanol–water partition coefficient (Wildman–Crippen LogP) is 7.53. The van der Waals surface area contributed by atoms with Gasteiger partial charge in [0.1, 0.15) is 0 Å². The van der Waals surface area contributed by atoms with E-state index in [0.29, 0.717) is 10.6 Å². The minimum absolute atomic E-state index is 0.0279. The third-order valence-corrected chi connectivity index (χ3v) is 7.26. The molecule has 0 bridgehead atoms. The van der Waals surface area contributed by atoms with E-state index in [9.17, 15) is 10.5 Å². The summed E-state index contributed by atoms with van der Waals surface area (Å²) < 4.78 is 0. The zero-order valence-electron chi connectivity index (χ0n) is 20.0. The van der Waals surface area contributed by atoms with Crippen molar-refractivity contribution < 1.29 is 0 Å². The van der Waals surface area contributed by atoms with Crippen molar-refractivity contribution in [1.82, 2.24) is 5.32 Å². The van der Waals surface area contributed by atoms with Crippen molar-refractivity contribution in [3.05, 3.63) is 100 Å². The van der Waals surface area contributed by atoms with E-state index >= 15 is 0 Å². The molecule has 0 saturated carbocycles. The molecule has 0 aliphatic carbocycles. The van der Waals surface area contributed by atoms with Crippen LogP contribution in [-0.4, -0.2) is 12.3 Å². The second-order valence-corrected chi connectivity index (χ2v) is 10.5. The summed E-state index contributed by atoms with van der Waals surface area (Å²) in [6, 6.07) is 28.8. The third-order valence-electron chi connectivity index (χ3n) is 6.28. The molecular formula is C29H30ClN3S. The average Bonchev–Trinajstić information content (AvgIpc) is 2.86. The Hall–Kier alpha value is -2.76. The highest BCUT2D eigenvalue weighted by Crippen LogP contribution is 2.36. The van der Waals surface area contributed by atoms with Crippen LogP contribution < -0.4 is 5.32 Å². The van der Waals surface area contributed by atoms with E-state index in [1.54, 1.807) is 11.8 Å². The van der Waals surface area contributed by atoms with Crippen molar-refractivity contribution in [3.63, 3.8) is 0 Å². The monoisotopic (exact) mass is 487 g/mol. The van der Waals surface area contributed by atoms with Crippen LogP contribution in [0.15, 0.2) is 77.7 Å². The maximum Gasteiger partial charge on any atom is 0.0991 e. The van der Waals surface area contributed by atoms with Gasteiger partial charge in [0.2, 0.25) is 0 Å². The molecule has 0 heterocycles. The number of rotatable bonds is 9. The number of nitrogens with zero attached hydrogens (tertiary/aromatic N) is 2. The number of thioether (sulfide) groups is 1. The van der Waals surface area contributed by atoms with Crippen LogP contribution in [0, 0.1) is 28.1 Å². The minimum atomic E-state index is -0.620. The van der Waals surface area contributed by atoms with Gasteiger partial charge in [0.05, 0.1) is 29.2 Å². The van der Waals surface area contributed by atoms with Crippen LogP contribution in [0.4, 0.5) is 0 Å². The zero-order chi connectivity index (χ0) is 24.7. The van der Waals surface area contributed by atoms with Gasteiger partial charge in [-0.1, -0.05) is 48.0 Å². The van der Waals surface area contributed by atoms with Crippen LogP contribution in [0.5, 0.6) is 0 Å². The molecular weight excluding hydrogens is 458 g/mol. The number of halogens is 1. The lowest BCUT2D eigenvalue weighted by Crippen LogP contribution is -2.42. The first-order valence-electron chi connectivity index (χ1n) is 11.3. The molecule has 3 aromatic carbocycles. The fourth-order valence-corrected chi connectivity index (χ4v) is 4.88. The highest BCUT2D eigenvalue weighted by atomic mass is 35.5. The molecule has 34 heavy (non-hydrogen) atoms. The molecule has 0 aliphatic heterocycles. The van der Waals surface area contributed by atoms with Gasteiger partial charge in [-0.15, -0.1) is 11.8 Å². The van der Waals surface area contributed by atoms with Crippen molar-refractivity contribution in [2.75, 3.05) is 6.26 Å². The summed E-state index contributed by atoms with van der Waals surface area (Å²) in [5.74, 6) is 0.0928. The van der Waals surface area contributed by atoms with Crippen molar-refractivity contribution in [1.29, 1.82) is 10.5 Å². The maximum absolute atomic E-state index is 10.0. The summed E-state index contributed by atoms with van der Waals surface area (Å²) in [4.78, 5) is 1.17. The highest BCUT2D eigenvalue weighted by Gasteiger charge is 2.34. The summed E-state index contributed by atoms with van der Waals surface area (Å²) >= 11 is 7.81. The molecule has 0 aliphatic rings. The Labute approximate surface area is 212 Å². The standard InChI is InChI=1S/C29H30ClN3S/c1-20(33-28(29(2,3)19-32)24-9-6-10-26(17-24)34-4)27(16-21-11-13-25(30)14-12-21)23-8-5-7-22(15-23)18-31/h5-15,17,20,27-28,33H,16H2,1-4H3/t20-,27+,28?/m0/s1. The van der Waals surface area contributed by atoms with E-state index in [0.717, 1.165) is 17.5 Å². The van der Waals surface area contributed by atoms with Crippen LogP contribution in [0.25, 0.3) is 0 Å². The number of nitrogens with one attached hydrogen (secondary N) is 1. The van der Waals surface area contributed by atoms with E-state index in [4.69, 9.17) is 11.6 Å². The van der Waals surface area contributed by atoms with Gasteiger partial charge in [0, 0.05) is 21.9 Å². The Morgan fingerprint density at radius 1 is 0.971 bits per heavy atom. The Balaban J connectivity index is 2.00. The third kappa shape index (κ3) is 6.43. The van der Waals surface area contributed by atoms with Gasteiger partial charge in [-0.2, -0.15) is 10.5 Å². The van der Waals surface area contributed by atoms with Crippen LogP contribution in [0.2, 0.25) is 5.02 Å². The lowest BCUT2D eigenvalue weighted by atomic mass is 9.79. The molecule has 3 nitrogen and oxygen atoms in total. The molecule has 0 amide bonds. The molecule has 3 aromatic rings. The van der Waals surface area contributed by atoms with Gasteiger partial charge in [-0.3, -0.25) is 0 Å². The first-order valence-corrected chi connectivity index (χ1v) is 12.9. The number of hydrogen-bond donors (Lipinski definition) is 1. The second kappa shape index (κ2) is 11.6. The van der Waals surface area contributed by atoms with Gasteiger partial charge in [0.25, 0.3) is 0 Å². The molecule has 0 radical (unpaired) electrons.